The number of hydrogen-bond donors (Lipinski definition) is 1. The number of carbonyl (C=O) groups is 2. The number of nitrogens with one attached hydrogen (secondary N) is 1. The third kappa shape index (κ3) is 4.95. The molecule has 0 saturated carbocycles. The van der Waals surface area contributed by atoms with Crippen LogP contribution in [0, 0.1) is 13.8 Å². The fraction of sp³-hybridized carbons (Fsp3) is 0.333. The van der Waals surface area contributed by atoms with Crippen molar-refractivity contribution >= 4 is 38.9 Å². The Kier molecular flexibility index (Phi) is 5.93. The molecule has 1 saturated heterocycles. The Morgan fingerprint density at radius 3 is 2.34 bits per heavy atom. The Labute approximate surface area is 171 Å². The normalized spacial score (nSPS) is 14.2. The van der Waals surface area contributed by atoms with Gasteiger partial charge in [-0.25, -0.2) is 8.42 Å². The quantitative estimate of drug-likeness (QED) is 0.786. The molecule has 0 unspecified atom stereocenters. The summed E-state index contributed by atoms with van der Waals surface area (Å²) < 4.78 is 25.6. The molecule has 7 nitrogen and oxygen atoms in total. The van der Waals surface area contributed by atoms with Crippen LogP contribution in [0.2, 0.25) is 0 Å². The summed E-state index contributed by atoms with van der Waals surface area (Å²) in [5.41, 5.74) is 3.78. The molecule has 0 aliphatic carbocycles. The summed E-state index contributed by atoms with van der Waals surface area (Å²) in [6, 6.07) is 12.2. The van der Waals surface area contributed by atoms with Crippen LogP contribution in [0.4, 0.5) is 17.1 Å². The maximum Gasteiger partial charge on any atom is 0.245 e. The van der Waals surface area contributed by atoms with Gasteiger partial charge >= 0.3 is 0 Å². The minimum absolute atomic E-state index is 0.0963. The van der Waals surface area contributed by atoms with Crippen LogP contribution in [0.1, 0.15) is 24.0 Å². The second-order valence-corrected chi connectivity index (χ2v) is 9.19. The number of sulfonamides is 1. The Morgan fingerprint density at radius 2 is 1.79 bits per heavy atom. The van der Waals surface area contributed by atoms with Crippen molar-refractivity contribution < 1.29 is 18.0 Å². The van der Waals surface area contributed by atoms with Gasteiger partial charge in [-0.1, -0.05) is 6.07 Å². The zero-order valence-corrected chi connectivity index (χ0v) is 17.6. The van der Waals surface area contributed by atoms with Crippen LogP contribution in [-0.4, -0.2) is 39.6 Å². The first kappa shape index (κ1) is 20.9. The van der Waals surface area contributed by atoms with Crippen molar-refractivity contribution in [3.05, 3.63) is 53.6 Å². The van der Waals surface area contributed by atoms with Gasteiger partial charge in [0.05, 0.1) is 11.9 Å². The van der Waals surface area contributed by atoms with Crippen LogP contribution in [0.5, 0.6) is 0 Å². The number of aryl methyl sites for hydroxylation is 2. The summed E-state index contributed by atoms with van der Waals surface area (Å²) in [6.07, 6.45) is 2.48. The van der Waals surface area contributed by atoms with E-state index in [1.807, 2.05) is 19.9 Å². The van der Waals surface area contributed by atoms with E-state index in [2.05, 4.69) is 5.32 Å². The van der Waals surface area contributed by atoms with Crippen molar-refractivity contribution in [2.45, 2.75) is 26.7 Å². The van der Waals surface area contributed by atoms with Gasteiger partial charge in [-0.3, -0.25) is 13.9 Å². The molecule has 154 valence electrons. The molecule has 1 N–H and O–H groups in total. The number of carbonyl (C=O) groups excluding carboxylic acids is 2. The van der Waals surface area contributed by atoms with E-state index < -0.39 is 15.9 Å². The highest BCUT2D eigenvalue weighted by Crippen LogP contribution is 2.24. The topological polar surface area (TPSA) is 86.8 Å². The minimum Gasteiger partial charge on any atom is -0.325 e. The van der Waals surface area contributed by atoms with E-state index in [1.54, 1.807) is 41.3 Å². The van der Waals surface area contributed by atoms with Gasteiger partial charge in [-0.2, -0.15) is 0 Å². The first-order valence-corrected chi connectivity index (χ1v) is 11.3. The molecule has 1 aliphatic rings. The molecule has 0 spiro atoms. The largest absolute Gasteiger partial charge is 0.325 e. The lowest BCUT2D eigenvalue weighted by atomic mass is 10.1. The number of anilines is 3. The van der Waals surface area contributed by atoms with E-state index in [-0.39, 0.29) is 12.5 Å². The maximum absolute atomic E-state index is 12.5. The highest BCUT2D eigenvalue weighted by atomic mass is 32.2. The van der Waals surface area contributed by atoms with Crippen LogP contribution in [-0.2, 0) is 19.6 Å². The zero-order chi connectivity index (χ0) is 21.2. The first-order chi connectivity index (χ1) is 13.6. The fourth-order valence-corrected chi connectivity index (χ4v) is 4.11. The Morgan fingerprint density at radius 1 is 1.10 bits per heavy atom. The van der Waals surface area contributed by atoms with Gasteiger partial charge in [-0.05, 0) is 67.8 Å². The number of nitrogens with zero attached hydrogens (tertiary/aromatic N) is 2. The second-order valence-electron chi connectivity index (χ2n) is 7.28. The van der Waals surface area contributed by atoms with Crippen LogP contribution in [0.3, 0.4) is 0 Å². The van der Waals surface area contributed by atoms with E-state index in [1.165, 1.54) is 0 Å². The first-order valence-electron chi connectivity index (χ1n) is 9.40. The number of hydrogen-bond acceptors (Lipinski definition) is 4. The molecule has 0 aromatic heterocycles. The molecule has 2 amide bonds. The van der Waals surface area contributed by atoms with E-state index in [4.69, 9.17) is 0 Å². The molecule has 1 fully saturated rings. The maximum atomic E-state index is 12.5. The van der Waals surface area contributed by atoms with Crippen molar-refractivity contribution in [3.63, 3.8) is 0 Å². The second kappa shape index (κ2) is 8.24. The molecule has 1 aliphatic heterocycles. The average Bonchev–Trinajstić information content (AvgIpc) is 3.08. The molecule has 2 aromatic rings. The van der Waals surface area contributed by atoms with Crippen LogP contribution < -0.4 is 14.5 Å². The predicted molar refractivity (Wildman–Crippen MR) is 115 cm³/mol. The molecule has 0 atom stereocenters. The lowest BCUT2D eigenvalue weighted by Gasteiger charge is -2.23. The average molecular weight is 416 g/mol. The highest BCUT2D eigenvalue weighted by Gasteiger charge is 2.23. The van der Waals surface area contributed by atoms with Gasteiger partial charge in [-0.15, -0.1) is 0 Å². The van der Waals surface area contributed by atoms with Gasteiger partial charge in [0.25, 0.3) is 0 Å². The van der Waals surface area contributed by atoms with Gasteiger partial charge in [0.2, 0.25) is 21.8 Å². The number of benzene rings is 2. The van der Waals surface area contributed by atoms with Gasteiger partial charge in [0, 0.05) is 24.3 Å². The number of amides is 2. The Hall–Kier alpha value is -2.87. The zero-order valence-electron chi connectivity index (χ0n) is 16.8. The third-order valence-electron chi connectivity index (χ3n) is 5.00. The van der Waals surface area contributed by atoms with Crippen molar-refractivity contribution in [3.8, 4) is 0 Å². The molecular formula is C21H25N3O4S. The van der Waals surface area contributed by atoms with Gasteiger partial charge in [0.15, 0.2) is 0 Å². The molecule has 8 heteroatoms. The summed E-state index contributed by atoms with van der Waals surface area (Å²) in [4.78, 5) is 26.1. The Balaban J connectivity index is 1.72. The van der Waals surface area contributed by atoms with Crippen LogP contribution in [0.25, 0.3) is 0 Å². The van der Waals surface area contributed by atoms with E-state index in [9.17, 15) is 18.0 Å². The SMILES string of the molecule is Cc1ccc(N(CC(=O)Nc2ccc(N3CCCC3=O)cc2)S(C)(=O)=O)cc1C. The predicted octanol–water partition coefficient (Wildman–Crippen LogP) is 2.83. The minimum atomic E-state index is -3.63. The summed E-state index contributed by atoms with van der Waals surface area (Å²) in [7, 11) is -3.63. The summed E-state index contributed by atoms with van der Waals surface area (Å²) in [6.45, 7) is 4.21. The van der Waals surface area contributed by atoms with Crippen molar-refractivity contribution in [2.24, 2.45) is 0 Å². The number of rotatable bonds is 6. The smallest absolute Gasteiger partial charge is 0.245 e. The van der Waals surface area contributed by atoms with E-state index in [0.717, 1.165) is 33.8 Å². The lowest BCUT2D eigenvalue weighted by molar-refractivity contribution is -0.117. The van der Waals surface area contributed by atoms with E-state index >= 15 is 0 Å². The van der Waals surface area contributed by atoms with Crippen molar-refractivity contribution in [1.82, 2.24) is 0 Å². The molecule has 0 radical (unpaired) electrons. The molecule has 3 rings (SSSR count). The van der Waals surface area contributed by atoms with Crippen LogP contribution >= 0.6 is 0 Å². The van der Waals surface area contributed by atoms with Crippen molar-refractivity contribution in [2.75, 3.05) is 33.9 Å². The molecule has 0 bridgehead atoms. The van der Waals surface area contributed by atoms with Gasteiger partial charge in [0.1, 0.15) is 6.54 Å². The summed E-state index contributed by atoms with van der Waals surface area (Å²) >= 11 is 0. The van der Waals surface area contributed by atoms with E-state index in [0.29, 0.717) is 24.3 Å². The summed E-state index contributed by atoms with van der Waals surface area (Å²) in [5, 5.41) is 2.72. The fourth-order valence-electron chi connectivity index (χ4n) is 3.26. The molecule has 29 heavy (non-hydrogen) atoms. The van der Waals surface area contributed by atoms with Crippen molar-refractivity contribution in [1.29, 1.82) is 0 Å². The summed E-state index contributed by atoms with van der Waals surface area (Å²) in [5.74, 6) is -0.349. The monoisotopic (exact) mass is 415 g/mol. The molecule has 1 heterocycles. The molecular weight excluding hydrogens is 390 g/mol. The lowest BCUT2D eigenvalue weighted by Crippen LogP contribution is -2.37. The third-order valence-corrected chi connectivity index (χ3v) is 6.14. The standard InChI is InChI=1S/C21H25N3O4S/c1-15-6-9-19(13-16(15)2)24(29(3,27)28)14-20(25)22-17-7-10-18(11-8-17)23-12-4-5-21(23)26/h6-11,13H,4-5,12,14H2,1-3H3,(H,22,25). The van der Waals surface area contributed by atoms with Crippen LogP contribution in [0.15, 0.2) is 42.5 Å². The Bertz CT molecular complexity index is 1030. The molecule has 2 aromatic carbocycles. The van der Waals surface area contributed by atoms with Gasteiger partial charge < -0.3 is 10.2 Å². The highest BCUT2D eigenvalue weighted by molar-refractivity contribution is 7.92.